The van der Waals surface area contributed by atoms with Gasteiger partial charge in [0.15, 0.2) is 0 Å². The number of ether oxygens (including phenoxy) is 1. The number of thiophene rings is 1. The van der Waals surface area contributed by atoms with Crippen LogP contribution in [0.2, 0.25) is 0 Å². The van der Waals surface area contributed by atoms with Crippen LogP contribution in [0.1, 0.15) is 63.4 Å². The van der Waals surface area contributed by atoms with E-state index in [1.807, 2.05) is 0 Å². The number of nitrogens with zero attached hydrogens (tertiary/aromatic N) is 2. The maximum Gasteiger partial charge on any atom is 0.341 e. The molecule has 0 fully saturated rings. The quantitative estimate of drug-likeness (QED) is 0.599. The Morgan fingerprint density at radius 2 is 2.04 bits per heavy atom. The number of anilines is 1. The summed E-state index contributed by atoms with van der Waals surface area (Å²) in [6.45, 7) is 1.62. The lowest BCUT2D eigenvalue weighted by molar-refractivity contribution is -0.119. The highest BCUT2D eigenvalue weighted by Gasteiger charge is 2.27. The summed E-state index contributed by atoms with van der Waals surface area (Å²) >= 11 is 1.41. The van der Waals surface area contributed by atoms with E-state index in [4.69, 9.17) is 9.84 Å². The normalized spacial score (nSPS) is 14.7. The number of carboxylic acids is 1. The van der Waals surface area contributed by atoms with Crippen molar-refractivity contribution in [1.82, 2.24) is 9.78 Å². The number of carboxylic acid groups (broad SMARTS) is 1. The average Bonchev–Trinajstić information content (AvgIpc) is 3.20. The van der Waals surface area contributed by atoms with Gasteiger partial charge in [0.25, 0.3) is 0 Å². The van der Waals surface area contributed by atoms with Gasteiger partial charge in [-0.05, 0) is 38.2 Å². The summed E-state index contributed by atoms with van der Waals surface area (Å²) in [7, 11) is 1.33. The molecule has 8 nitrogen and oxygen atoms in total. The zero-order valence-electron chi connectivity index (χ0n) is 15.2. The first kappa shape index (κ1) is 19.1. The van der Waals surface area contributed by atoms with Gasteiger partial charge in [0.1, 0.15) is 11.0 Å². The molecule has 0 spiro atoms. The van der Waals surface area contributed by atoms with Gasteiger partial charge < -0.3 is 15.2 Å². The van der Waals surface area contributed by atoms with Gasteiger partial charge in [-0.3, -0.25) is 9.48 Å². The Labute approximate surface area is 160 Å². The van der Waals surface area contributed by atoms with Gasteiger partial charge in [0.2, 0.25) is 5.91 Å². The third-order valence-electron chi connectivity index (χ3n) is 4.67. The van der Waals surface area contributed by atoms with Gasteiger partial charge in [0, 0.05) is 11.1 Å². The molecule has 1 aliphatic carbocycles. The van der Waals surface area contributed by atoms with Crippen LogP contribution in [0.15, 0.2) is 12.4 Å². The minimum Gasteiger partial charge on any atom is -0.478 e. The summed E-state index contributed by atoms with van der Waals surface area (Å²) in [4.78, 5) is 37.1. The highest BCUT2D eigenvalue weighted by Crippen LogP contribution is 2.38. The van der Waals surface area contributed by atoms with Crippen LogP contribution < -0.4 is 5.32 Å². The van der Waals surface area contributed by atoms with Gasteiger partial charge in [-0.2, -0.15) is 5.10 Å². The second-order valence-corrected chi connectivity index (χ2v) is 7.54. The first-order valence-electron chi connectivity index (χ1n) is 8.73. The third-order valence-corrected chi connectivity index (χ3v) is 5.88. The van der Waals surface area contributed by atoms with Crippen LogP contribution in [-0.2, 0) is 22.4 Å². The van der Waals surface area contributed by atoms with E-state index in [9.17, 15) is 14.4 Å². The third kappa shape index (κ3) is 3.87. The molecule has 0 bridgehead atoms. The van der Waals surface area contributed by atoms with Crippen molar-refractivity contribution in [3.8, 4) is 0 Å². The number of esters is 1. The lowest BCUT2D eigenvalue weighted by atomic mass is 10.1. The SMILES string of the molecule is COC(=O)c1c(NC(=O)C(C)n2cc(C(=O)O)cn2)sc2c1CCCCC2. The van der Waals surface area contributed by atoms with E-state index in [2.05, 4.69) is 10.4 Å². The molecule has 0 radical (unpaired) electrons. The molecular formula is C18H21N3O5S. The van der Waals surface area contributed by atoms with Crippen LogP contribution in [0, 0.1) is 0 Å². The lowest BCUT2D eigenvalue weighted by Crippen LogP contribution is -2.24. The van der Waals surface area contributed by atoms with Crippen LogP contribution in [-0.4, -0.2) is 39.8 Å². The summed E-state index contributed by atoms with van der Waals surface area (Å²) in [6, 6.07) is -0.731. The molecule has 2 N–H and O–H groups in total. The molecule has 144 valence electrons. The van der Waals surface area contributed by atoms with E-state index in [1.165, 1.54) is 35.5 Å². The van der Waals surface area contributed by atoms with E-state index in [0.29, 0.717) is 10.6 Å². The molecule has 27 heavy (non-hydrogen) atoms. The Morgan fingerprint density at radius 1 is 1.30 bits per heavy atom. The number of amides is 1. The molecular weight excluding hydrogens is 370 g/mol. The molecule has 0 aromatic carbocycles. The first-order chi connectivity index (χ1) is 12.9. The highest BCUT2D eigenvalue weighted by atomic mass is 32.1. The summed E-state index contributed by atoms with van der Waals surface area (Å²) < 4.78 is 6.22. The number of methoxy groups -OCH3 is 1. The van der Waals surface area contributed by atoms with Gasteiger partial charge in [-0.25, -0.2) is 9.59 Å². The first-order valence-corrected chi connectivity index (χ1v) is 9.55. The molecule has 2 aromatic rings. The summed E-state index contributed by atoms with van der Waals surface area (Å²) in [5, 5.41) is 16.2. The average molecular weight is 391 g/mol. The maximum absolute atomic E-state index is 12.7. The standard InChI is InChI=1S/C18H21N3O5S/c1-10(21-9-11(8-19-21)17(23)24)15(22)20-16-14(18(25)26-2)12-6-4-3-5-7-13(12)27-16/h8-10H,3-7H2,1-2H3,(H,20,22)(H,23,24). The minimum atomic E-state index is -1.11. The summed E-state index contributed by atoms with van der Waals surface area (Å²) in [5.41, 5.74) is 1.42. The Morgan fingerprint density at radius 3 is 2.70 bits per heavy atom. The maximum atomic E-state index is 12.7. The monoisotopic (exact) mass is 391 g/mol. The number of carbonyl (C=O) groups excluding carboxylic acids is 2. The highest BCUT2D eigenvalue weighted by molar-refractivity contribution is 7.17. The lowest BCUT2D eigenvalue weighted by Gasteiger charge is -2.13. The molecule has 1 atom stereocenters. The van der Waals surface area contributed by atoms with Crippen molar-refractivity contribution in [3.63, 3.8) is 0 Å². The molecule has 3 rings (SSSR count). The number of aryl methyl sites for hydroxylation is 1. The van der Waals surface area contributed by atoms with Crippen molar-refractivity contribution in [1.29, 1.82) is 0 Å². The number of nitrogens with one attached hydrogen (secondary N) is 1. The molecule has 2 aromatic heterocycles. The second kappa shape index (κ2) is 7.91. The van der Waals surface area contributed by atoms with Crippen molar-refractivity contribution in [2.75, 3.05) is 12.4 Å². The Hall–Kier alpha value is -2.68. The molecule has 2 heterocycles. The second-order valence-electron chi connectivity index (χ2n) is 6.44. The van der Waals surface area contributed by atoms with Crippen molar-refractivity contribution < 1.29 is 24.2 Å². The molecule has 0 aliphatic heterocycles. The Balaban J connectivity index is 1.86. The number of fused-ring (bicyclic) bond motifs is 1. The predicted octanol–water partition coefficient (Wildman–Crippen LogP) is 2.90. The zero-order valence-corrected chi connectivity index (χ0v) is 16.0. The topological polar surface area (TPSA) is 111 Å². The van der Waals surface area contributed by atoms with Crippen molar-refractivity contribution in [2.45, 2.75) is 45.1 Å². The molecule has 0 saturated heterocycles. The van der Waals surface area contributed by atoms with Crippen LogP contribution in [0.5, 0.6) is 0 Å². The molecule has 0 saturated carbocycles. The van der Waals surface area contributed by atoms with Crippen LogP contribution in [0.3, 0.4) is 0 Å². The van der Waals surface area contributed by atoms with Crippen LogP contribution in [0.25, 0.3) is 0 Å². The molecule has 1 aliphatic rings. The van der Waals surface area contributed by atoms with E-state index in [-0.39, 0.29) is 11.5 Å². The molecule has 1 amide bonds. The summed E-state index contributed by atoms with van der Waals surface area (Å²) in [5.74, 6) is -1.94. The van der Waals surface area contributed by atoms with Crippen LogP contribution >= 0.6 is 11.3 Å². The number of hydrogen-bond acceptors (Lipinski definition) is 6. The van der Waals surface area contributed by atoms with E-state index < -0.39 is 18.0 Å². The number of aromatic nitrogens is 2. The van der Waals surface area contributed by atoms with Gasteiger partial charge in [-0.15, -0.1) is 11.3 Å². The Bertz CT molecular complexity index is 886. The summed E-state index contributed by atoms with van der Waals surface area (Å²) in [6.07, 6.45) is 7.36. The minimum absolute atomic E-state index is 0.00716. The van der Waals surface area contributed by atoms with Crippen LogP contribution in [0.4, 0.5) is 5.00 Å². The van der Waals surface area contributed by atoms with E-state index >= 15 is 0 Å². The largest absolute Gasteiger partial charge is 0.478 e. The Kier molecular flexibility index (Phi) is 5.59. The fourth-order valence-corrected chi connectivity index (χ4v) is 4.43. The number of aromatic carboxylic acids is 1. The molecule has 1 unspecified atom stereocenters. The van der Waals surface area contributed by atoms with Crippen molar-refractivity contribution in [2.24, 2.45) is 0 Å². The van der Waals surface area contributed by atoms with E-state index in [0.717, 1.165) is 42.5 Å². The van der Waals surface area contributed by atoms with Crippen molar-refractivity contribution in [3.05, 3.63) is 34.0 Å². The van der Waals surface area contributed by atoms with E-state index in [1.54, 1.807) is 6.92 Å². The molecule has 9 heteroatoms. The van der Waals surface area contributed by atoms with Gasteiger partial charge >= 0.3 is 11.9 Å². The fraction of sp³-hybridized carbons (Fsp3) is 0.444. The van der Waals surface area contributed by atoms with Gasteiger partial charge in [0.05, 0.1) is 24.4 Å². The number of rotatable bonds is 5. The van der Waals surface area contributed by atoms with Crippen molar-refractivity contribution >= 4 is 34.2 Å². The fourth-order valence-electron chi connectivity index (χ4n) is 3.15. The predicted molar refractivity (Wildman–Crippen MR) is 99.4 cm³/mol. The van der Waals surface area contributed by atoms with Gasteiger partial charge in [-0.1, -0.05) is 6.42 Å². The smallest absolute Gasteiger partial charge is 0.341 e. The number of carbonyl (C=O) groups is 3. The zero-order chi connectivity index (χ0) is 19.6. The number of hydrogen-bond donors (Lipinski definition) is 2.